The summed E-state index contributed by atoms with van der Waals surface area (Å²) in [5, 5.41) is 16.4. The molecule has 1 fully saturated rings. The molecule has 3 aromatic rings. The van der Waals surface area contributed by atoms with E-state index >= 15 is 0 Å². The molecule has 1 aromatic heterocycles. The highest BCUT2D eigenvalue weighted by Gasteiger charge is 2.30. The molecule has 31 heavy (non-hydrogen) atoms. The second-order valence-electron chi connectivity index (χ2n) is 6.91. The SMILES string of the molecule is C/C(=N\Nc1ccc([N+](=O)[O-])cc1S(=O)(=O)N1CCOCC1)c1cc2ccccc2o1. The van der Waals surface area contributed by atoms with Crippen molar-refractivity contribution in [2.75, 3.05) is 31.7 Å². The zero-order valence-electron chi connectivity index (χ0n) is 16.6. The number of non-ortho nitro benzene ring substituents is 1. The van der Waals surface area contributed by atoms with Crippen LogP contribution in [0.5, 0.6) is 0 Å². The molecule has 11 heteroatoms. The van der Waals surface area contributed by atoms with Crippen LogP contribution in [0.2, 0.25) is 0 Å². The zero-order valence-corrected chi connectivity index (χ0v) is 17.5. The first-order valence-electron chi connectivity index (χ1n) is 9.52. The summed E-state index contributed by atoms with van der Waals surface area (Å²) in [5.41, 5.74) is 3.74. The number of nitrogens with zero attached hydrogens (tertiary/aromatic N) is 3. The van der Waals surface area contributed by atoms with Crippen molar-refractivity contribution in [1.29, 1.82) is 0 Å². The van der Waals surface area contributed by atoms with Gasteiger partial charge in [0.1, 0.15) is 16.2 Å². The number of furan rings is 1. The van der Waals surface area contributed by atoms with Gasteiger partial charge in [0.15, 0.2) is 5.76 Å². The summed E-state index contributed by atoms with van der Waals surface area (Å²) in [7, 11) is -3.99. The van der Waals surface area contributed by atoms with Crippen LogP contribution in [0, 0.1) is 10.1 Å². The molecule has 1 saturated heterocycles. The molecular weight excluding hydrogens is 424 g/mol. The van der Waals surface area contributed by atoms with Gasteiger partial charge >= 0.3 is 0 Å². The van der Waals surface area contributed by atoms with E-state index < -0.39 is 14.9 Å². The number of fused-ring (bicyclic) bond motifs is 1. The molecule has 0 saturated carbocycles. The molecule has 162 valence electrons. The molecule has 0 spiro atoms. The predicted molar refractivity (Wildman–Crippen MR) is 115 cm³/mol. The van der Waals surface area contributed by atoms with E-state index in [4.69, 9.17) is 9.15 Å². The number of hydrazone groups is 1. The van der Waals surface area contributed by atoms with Crippen LogP contribution >= 0.6 is 0 Å². The summed E-state index contributed by atoms with van der Waals surface area (Å²) in [5.74, 6) is 0.521. The first-order chi connectivity index (χ1) is 14.9. The van der Waals surface area contributed by atoms with Crippen molar-refractivity contribution in [1.82, 2.24) is 4.31 Å². The summed E-state index contributed by atoms with van der Waals surface area (Å²) in [6.07, 6.45) is 0. The van der Waals surface area contributed by atoms with E-state index in [0.29, 0.717) is 17.1 Å². The standard InChI is InChI=1S/C20H20N4O6S/c1-14(19-12-15-4-2-3-5-18(15)30-19)21-22-17-7-6-16(24(25)26)13-20(17)31(27,28)23-8-10-29-11-9-23/h2-7,12-13,22H,8-11H2,1H3/b21-14+. The quantitative estimate of drug-likeness (QED) is 0.351. The Kier molecular flexibility index (Phi) is 5.72. The van der Waals surface area contributed by atoms with E-state index in [1.807, 2.05) is 30.3 Å². The second-order valence-corrected chi connectivity index (χ2v) is 8.82. The van der Waals surface area contributed by atoms with Gasteiger partial charge in [-0.2, -0.15) is 9.41 Å². The average molecular weight is 444 g/mol. The van der Waals surface area contributed by atoms with Gasteiger partial charge < -0.3 is 9.15 Å². The van der Waals surface area contributed by atoms with Gasteiger partial charge in [-0.25, -0.2) is 8.42 Å². The third-order valence-corrected chi connectivity index (χ3v) is 6.83. The third-order valence-electron chi connectivity index (χ3n) is 4.89. The maximum Gasteiger partial charge on any atom is 0.270 e. The summed E-state index contributed by atoms with van der Waals surface area (Å²) in [6.45, 7) is 2.59. The van der Waals surface area contributed by atoms with E-state index in [2.05, 4.69) is 10.5 Å². The number of anilines is 1. The molecule has 1 N–H and O–H groups in total. The van der Waals surface area contributed by atoms with Crippen molar-refractivity contribution in [3.63, 3.8) is 0 Å². The van der Waals surface area contributed by atoms with Gasteiger partial charge in [0, 0.05) is 30.6 Å². The van der Waals surface area contributed by atoms with Crippen LogP contribution in [0.1, 0.15) is 12.7 Å². The van der Waals surface area contributed by atoms with Crippen LogP contribution in [0.15, 0.2) is 62.9 Å². The topological polar surface area (TPSA) is 127 Å². The number of nitro groups is 1. The van der Waals surface area contributed by atoms with Crippen molar-refractivity contribution >= 4 is 38.1 Å². The van der Waals surface area contributed by atoms with Crippen LogP contribution in [-0.4, -0.2) is 49.7 Å². The number of nitro benzene ring substituents is 1. The van der Waals surface area contributed by atoms with E-state index in [0.717, 1.165) is 11.5 Å². The number of sulfonamides is 1. The lowest BCUT2D eigenvalue weighted by Gasteiger charge is -2.26. The molecule has 4 rings (SSSR count). The van der Waals surface area contributed by atoms with E-state index in [-0.39, 0.29) is 42.6 Å². The monoisotopic (exact) mass is 444 g/mol. The van der Waals surface area contributed by atoms with Crippen molar-refractivity contribution in [3.8, 4) is 0 Å². The molecule has 0 atom stereocenters. The molecule has 10 nitrogen and oxygen atoms in total. The van der Waals surface area contributed by atoms with Crippen LogP contribution in [0.25, 0.3) is 11.0 Å². The molecule has 0 unspecified atom stereocenters. The molecule has 0 amide bonds. The number of rotatable bonds is 6. The van der Waals surface area contributed by atoms with E-state index in [9.17, 15) is 18.5 Å². The van der Waals surface area contributed by atoms with Gasteiger partial charge in [-0.1, -0.05) is 18.2 Å². The molecule has 2 aromatic carbocycles. The Hall–Kier alpha value is -3.28. The van der Waals surface area contributed by atoms with Crippen LogP contribution in [-0.2, 0) is 14.8 Å². The number of para-hydroxylation sites is 1. The predicted octanol–water partition coefficient (Wildman–Crippen LogP) is 3.20. The largest absolute Gasteiger partial charge is 0.455 e. The van der Waals surface area contributed by atoms with Crippen molar-refractivity contribution < 1.29 is 22.5 Å². The summed E-state index contributed by atoms with van der Waals surface area (Å²) < 4.78 is 38.5. The Morgan fingerprint density at radius 1 is 1.16 bits per heavy atom. The van der Waals surface area contributed by atoms with Gasteiger partial charge in [0.2, 0.25) is 10.0 Å². The third kappa shape index (κ3) is 4.29. The fourth-order valence-electron chi connectivity index (χ4n) is 3.22. The maximum atomic E-state index is 13.2. The summed E-state index contributed by atoms with van der Waals surface area (Å²) in [6, 6.07) is 12.9. The zero-order chi connectivity index (χ0) is 22.0. The lowest BCUT2D eigenvalue weighted by molar-refractivity contribution is -0.385. The van der Waals surface area contributed by atoms with Crippen LogP contribution in [0.3, 0.4) is 0 Å². The molecule has 0 radical (unpaired) electrons. The number of ether oxygens (including phenoxy) is 1. The molecule has 0 aliphatic carbocycles. The molecule has 2 heterocycles. The van der Waals surface area contributed by atoms with Crippen LogP contribution < -0.4 is 5.43 Å². The Bertz CT molecular complexity index is 1230. The average Bonchev–Trinajstić information content (AvgIpc) is 3.22. The number of morpholine rings is 1. The Labute approximate surface area is 178 Å². The van der Waals surface area contributed by atoms with Gasteiger partial charge in [0.25, 0.3) is 5.69 Å². The smallest absolute Gasteiger partial charge is 0.270 e. The minimum absolute atomic E-state index is 0.132. The summed E-state index contributed by atoms with van der Waals surface area (Å²) in [4.78, 5) is 10.4. The fourth-order valence-corrected chi connectivity index (χ4v) is 4.78. The fraction of sp³-hybridized carbons (Fsp3) is 0.250. The van der Waals surface area contributed by atoms with Gasteiger partial charge in [-0.3, -0.25) is 15.5 Å². The van der Waals surface area contributed by atoms with Crippen molar-refractivity contribution in [2.45, 2.75) is 11.8 Å². The Balaban J connectivity index is 1.68. The minimum Gasteiger partial charge on any atom is -0.455 e. The number of nitrogens with one attached hydrogen (secondary N) is 1. The molecule has 1 aliphatic rings. The normalized spacial score (nSPS) is 15.8. The first kappa shape index (κ1) is 21.0. The number of hydrogen-bond acceptors (Lipinski definition) is 8. The lowest BCUT2D eigenvalue weighted by Crippen LogP contribution is -2.40. The van der Waals surface area contributed by atoms with E-state index in [1.54, 1.807) is 6.92 Å². The summed E-state index contributed by atoms with van der Waals surface area (Å²) >= 11 is 0. The number of hydrogen-bond donors (Lipinski definition) is 1. The Morgan fingerprint density at radius 3 is 2.61 bits per heavy atom. The number of benzene rings is 2. The second kappa shape index (κ2) is 8.46. The van der Waals surface area contributed by atoms with Crippen molar-refractivity contribution in [2.24, 2.45) is 5.10 Å². The van der Waals surface area contributed by atoms with Gasteiger partial charge in [-0.05, 0) is 25.1 Å². The highest BCUT2D eigenvalue weighted by molar-refractivity contribution is 7.89. The first-order valence-corrected chi connectivity index (χ1v) is 11.0. The van der Waals surface area contributed by atoms with Crippen molar-refractivity contribution in [3.05, 3.63) is 64.4 Å². The molecule has 0 bridgehead atoms. The Morgan fingerprint density at radius 2 is 1.90 bits per heavy atom. The highest BCUT2D eigenvalue weighted by Crippen LogP contribution is 2.30. The lowest BCUT2D eigenvalue weighted by atomic mass is 10.2. The minimum atomic E-state index is -3.99. The van der Waals surface area contributed by atoms with E-state index in [1.165, 1.54) is 16.4 Å². The molecule has 1 aliphatic heterocycles. The van der Waals surface area contributed by atoms with Crippen LogP contribution in [0.4, 0.5) is 11.4 Å². The van der Waals surface area contributed by atoms with Gasteiger partial charge in [-0.15, -0.1) is 0 Å². The van der Waals surface area contributed by atoms with Gasteiger partial charge in [0.05, 0.1) is 23.8 Å². The highest BCUT2D eigenvalue weighted by atomic mass is 32.2. The maximum absolute atomic E-state index is 13.2. The molecular formula is C20H20N4O6S.